The van der Waals surface area contributed by atoms with E-state index in [9.17, 15) is 0 Å². The number of rotatable bonds is 4. The minimum atomic E-state index is 0.699. The van der Waals surface area contributed by atoms with Gasteiger partial charge in [0.05, 0.1) is 6.61 Å². The zero-order valence-electron chi connectivity index (χ0n) is 6.42. The minimum Gasteiger partial charge on any atom is -0.381 e. The third kappa shape index (κ3) is 5.37. The van der Waals surface area contributed by atoms with Crippen molar-refractivity contribution in [3.8, 4) is 0 Å². The topological polar surface area (TPSA) is 12.5 Å². The number of methoxy groups -OCH3 is 1. The van der Waals surface area contributed by atoms with Gasteiger partial charge in [0.2, 0.25) is 0 Å². The molecule has 54 valence electrons. The molecule has 0 amide bonds. The Kier molecular flexibility index (Phi) is 5.32. The maximum absolute atomic E-state index is 4.82. The third-order valence-corrected chi connectivity index (χ3v) is 1.12. The van der Waals surface area contributed by atoms with Gasteiger partial charge in [0.15, 0.2) is 0 Å². The molecular weight excluding hydrogens is 114 g/mol. The SMILES string of the molecule is CCN(C)C=CCOC. The molecule has 0 aromatic rings. The molecule has 0 aliphatic heterocycles. The highest BCUT2D eigenvalue weighted by atomic mass is 16.5. The number of hydrogen-bond acceptors (Lipinski definition) is 2. The van der Waals surface area contributed by atoms with Gasteiger partial charge in [-0.1, -0.05) is 0 Å². The van der Waals surface area contributed by atoms with E-state index in [4.69, 9.17) is 4.74 Å². The van der Waals surface area contributed by atoms with E-state index in [-0.39, 0.29) is 0 Å². The Morgan fingerprint density at radius 3 is 2.67 bits per heavy atom. The second-order valence-electron chi connectivity index (χ2n) is 1.91. The fourth-order valence-corrected chi connectivity index (χ4v) is 0.425. The molecule has 0 fully saturated rings. The van der Waals surface area contributed by atoms with Gasteiger partial charge in [-0.2, -0.15) is 0 Å². The van der Waals surface area contributed by atoms with Gasteiger partial charge in [0.25, 0.3) is 0 Å². The van der Waals surface area contributed by atoms with Gasteiger partial charge in [0.1, 0.15) is 0 Å². The van der Waals surface area contributed by atoms with Crippen molar-refractivity contribution in [2.24, 2.45) is 0 Å². The normalized spacial score (nSPS) is 10.6. The molecule has 9 heavy (non-hydrogen) atoms. The summed E-state index contributed by atoms with van der Waals surface area (Å²) in [6.07, 6.45) is 4.01. The van der Waals surface area contributed by atoms with Crippen LogP contribution in [0.25, 0.3) is 0 Å². The van der Waals surface area contributed by atoms with Gasteiger partial charge < -0.3 is 9.64 Å². The van der Waals surface area contributed by atoms with Crippen LogP contribution in [0.3, 0.4) is 0 Å². The van der Waals surface area contributed by atoms with Gasteiger partial charge in [-0.15, -0.1) is 0 Å². The summed E-state index contributed by atoms with van der Waals surface area (Å²) in [5.41, 5.74) is 0. The molecule has 0 unspecified atom stereocenters. The highest BCUT2D eigenvalue weighted by Gasteiger charge is 1.79. The maximum Gasteiger partial charge on any atom is 0.0660 e. The van der Waals surface area contributed by atoms with E-state index in [2.05, 4.69) is 11.8 Å². The van der Waals surface area contributed by atoms with Crippen molar-refractivity contribution >= 4 is 0 Å². The van der Waals surface area contributed by atoms with Crippen molar-refractivity contribution in [1.29, 1.82) is 0 Å². The molecule has 0 aromatic carbocycles. The molecule has 0 aromatic heterocycles. The Hall–Kier alpha value is -0.500. The van der Waals surface area contributed by atoms with Crippen molar-refractivity contribution in [2.75, 3.05) is 27.3 Å². The van der Waals surface area contributed by atoms with Crippen LogP contribution in [-0.2, 0) is 4.74 Å². The average Bonchev–Trinajstić information content (AvgIpc) is 1.89. The van der Waals surface area contributed by atoms with E-state index < -0.39 is 0 Å². The van der Waals surface area contributed by atoms with Crippen LogP contribution in [0.5, 0.6) is 0 Å². The first-order valence-electron chi connectivity index (χ1n) is 3.17. The Labute approximate surface area is 57.1 Å². The molecule has 0 saturated heterocycles. The van der Waals surface area contributed by atoms with Crippen molar-refractivity contribution in [3.05, 3.63) is 12.3 Å². The lowest BCUT2D eigenvalue weighted by atomic mass is 10.6. The van der Waals surface area contributed by atoms with Crippen molar-refractivity contribution in [1.82, 2.24) is 4.90 Å². The summed E-state index contributed by atoms with van der Waals surface area (Å²) in [7, 11) is 3.72. The molecule has 0 heterocycles. The van der Waals surface area contributed by atoms with Crippen LogP contribution in [0.2, 0.25) is 0 Å². The number of ether oxygens (including phenoxy) is 1. The van der Waals surface area contributed by atoms with Gasteiger partial charge in [0, 0.05) is 20.7 Å². The van der Waals surface area contributed by atoms with Gasteiger partial charge in [-0.3, -0.25) is 0 Å². The molecule has 0 radical (unpaired) electrons. The molecule has 0 aliphatic carbocycles. The summed E-state index contributed by atoms with van der Waals surface area (Å²) in [6.45, 7) is 3.85. The second kappa shape index (κ2) is 5.63. The van der Waals surface area contributed by atoms with Crippen LogP contribution in [0.15, 0.2) is 12.3 Å². The van der Waals surface area contributed by atoms with E-state index in [0.29, 0.717) is 6.61 Å². The van der Waals surface area contributed by atoms with Crippen molar-refractivity contribution in [3.63, 3.8) is 0 Å². The fourth-order valence-electron chi connectivity index (χ4n) is 0.425. The standard InChI is InChI=1S/C7H15NO/c1-4-8(2)6-5-7-9-3/h5-6H,4,7H2,1-3H3. The highest BCUT2D eigenvalue weighted by Crippen LogP contribution is 1.81. The summed E-state index contributed by atoms with van der Waals surface area (Å²) in [4.78, 5) is 2.10. The van der Waals surface area contributed by atoms with Crippen LogP contribution in [0.1, 0.15) is 6.92 Å². The minimum absolute atomic E-state index is 0.699. The molecule has 0 saturated carbocycles. The summed E-state index contributed by atoms with van der Waals surface area (Å²) < 4.78 is 4.82. The Morgan fingerprint density at radius 1 is 1.56 bits per heavy atom. The molecule has 2 nitrogen and oxygen atoms in total. The highest BCUT2D eigenvalue weighted by molar-refractivity contribution is 4.79. The maximum atomic E-state index is 4.82. The summed E-state index contributed by atoms with van der Waals surface area (Å²) in [5.74, 6) is 0. The zero-order chi connectivity index (χ0) is 7.11. The van der Waals surface area contributed by atoms with Crippen LogP contribution < -0.4 is 0 Å². The second-order valence-corrected chi connectivity index (χ2v) is 1.91. The lowest BCUT2D eigenvalue weighted by molar-refractivity contribution is 0.232. The number of hydrogen-bond donors (Lipinski definition) is 0. The fraction of sp³-hybridized carbons (Fsp3) is 0.714. The predicted octanol–water partition coefficient (Wildman–Crippen LogP) is 1.10. The van der Waals surface area contributed by atoms with Gasteiger partial charge in [-0.25, -0.2) is 0 Å². The smallest absolute Gasteiger partial charge is 0.0660 e. The van der Waals surface area contributed by atoms with E-state index in [1.54, 1.807) is 7.11 Å². The Bertz CT molecular complexity index is 81.0. The Morgan fingerprint density at radius 2 is 2.22 bits per heavy atom. The number of nitrogens with zero attached hydrogens (tertiary/aromatic N) is 1. The molecule has 0 aliphatic rings. The van der Waals surface area contributed by atoms with E-state index in [0.717, 1.165) is 6.54 Å². The van der Waals surface area contributed by atoms with Crippen LogP contribution in [-0.4, -0.2) is 32.2 Å². The van der Waals surface area contributed by atoms with Crippen molar-refractivity contribution < 1.29 is 4.74 Å². The zero-order valence-corrected chi connectivity index (χ0v) is 6.42. The summed E-state index contributed by atoms with van der Waals surface area (Å²) in [6, 6.07) is 0. The molecule has 0 rings (SSSR count). The molecular formula is C7H15NO. The van der Waals surface area contributed by atoms with Crippen LogP contribution >= 0.6 is 0 Å². The van der Waals surface area contributed by atoms with Gasteiger partial charge >= 0.3 is 0 Å². The lowest BCUT2D eigenvalue weighted by Crippen LogP contribution is -2.08. The first-order valence-corrected chi connectivity index (χ1v) is 3.17. The largest absolute Gasteiger partial charge is 0.381 e. The third-order valence-electron chi connectivity index (χ3n) is 1.12. The molecule has 0 bridgehead atoms. The van der Waals surface area contributed by atoms with Gasteiger partial charge in [-0.05, 0) is 19.2 Å². The summed E-state index contributed by atoms with van der Waals surface area (Å²) in [5, 5.41) is 0. The van der Waals surface area contributed by atoms with Crippen LogP contribution in [0.4, 0.5) is 0 Å². The quantitative estimate of drug-likeness (QED) is 0.563. The lowest BCUT2D eigenvalue weighted by Gasteiger charge is -2.08. The molecule has 2 heteroatoms. The monoisotopic (exact) mass is 129 g/mol. The molecule has 0 N–H and O–H groups in total. The molecule has 0 spiro atoms. The van der Waals surface area contributed by atoms with Crippen molar-refractivity contribution in [2.45, 2.75) is 6.92 Å². The summed E-state index contributed by atoms with van der Waals surface area (Å²) >= 11 is 0. The Balaban J connectivity index is 3.20. The van der Waals surface area contributed by atoms with Crippen LogP contribution in [0, 0.1) is 0 Å². The first-order chi connectivity index (χ1) is 4.31. The molecule has 0 atom stereocenters. The van der Waals surface area contributed by atoms with E-state index >= 15 is 0 Å². The average molecular weight is 129 g/mol. The van der Waals surface area contributed by atoms with E-state index in [1.807, 2.05) is 19.3 Å². The first kappa shape index (κ1) is 8.50. The predicted molar refractivity (Wildman–Crippen MR) is 39.3 cm³/mol. The van der Waals surface area contributed by atoms with E-state index in [1.165, 1.54) is 0 Å².